The van der Waals surface area contributed by atoms with E-state index in [4.69, 9.17) is 14.2 Å². The second-order valence-corrected chi connectivity index (χ2v) is 13.6. The number of ether oxygens (including phenoxy) is 3. The smallest absolute Gasteiger partial charge is 0.333 e. The summed E-state index contributed by atoms with van der Waals surface area (Å²) in [5, 5.41) is 36.1. The second-order valence-electron chi connectivity index (χ2n) is 13.6. The van der Waals surface area contributed by atoms with Gasteiger partial charge in [-0.25, -0.2) is 9.59 Å². The third kappa shape index (κ3) is 3.23. The maximum Gasteiger partial charge on any atom is 0.333 e. The summed E-state index contributed by atoms with van der Waals surface area (Å²) in [6.45, 7) is 13.8. The molecule has 3 saturated carbocycles. The van der Waals surface area contributed by atoms with Crippen LogP contribution in [0.5, 0.6) is 0 Å². The molecule has 0 radical (unpaired) electrons. The molecule has 0 amide bonds. The van der Waals surface area contributed by atoms with E-state index >= 15 is 0 Å². The van der Waals surface area contributed by atoms with Crippen molar-refractivity contribution in [2.75, 3.05) is 0 Å². The van der Waals surface area contributed by atoms with E-state index in [1.165, 1.54) is 6.08 Å². The highest BCUT2D eigenvalue weighted by molar-refractivity contribution is 5.88. The summed E-state index contributed by atoms with van der Waals surface area (Å²) in [5.41, 5.74) is -3.74. The first-order chi connectivity index (χ1) is 17.6. The fraction of sp³-hybridized carbons (Fsp3) is 0.733. The number of fused-ring (bicyclic) bond motifs is 4. The van der Waals surface area contributed by atoms with Crippen LogP contribution in [-0.4, -0.2) is 68.0 Å². The van der Waals surface area contributed by atoms with Crippen molar-refractivity contribution < 1.29 is 39.1 Å². The van der Waals surface area contributed by atoms with Gasteiger partial charge >= 0.3 is 11.9 Å². The Morgan fingerprint density at radius 3 is 2.55 bits per heavy atom. The molecule has 3 aliphatic carbocycles. The SMILES string of the molecule is C=C1[C@@H]2C[C@]3(O)[C@H]4O[C@]45C=CC(=O)OC(C)(C)C5[C@H](O)C[C@H]3[C@]2(C)CC[C@@]1(O)[C@@H](C)[C@H]1CC=C(C)C(=O)O1. The van der Waals surface area contributed by atoms with Crippen LogP contribution in [0.15, 0.2) is 36.0 Å². The van der Waals surface area contributed by atoms with E-state index in [2.05, 4.69) is 13.5 Å². The van der Waals surface area contributed by atoms with E-state index in [0.717, 1.165) is 0 Å². The standard InChI is InChI=1S/C30H40O8/c1-15-7-8-20(36-24(15)33)17(3)28(34)12-11-27(6)18(16(28)2)14-29(35)21(27)13-19(31)23-26(4,5)37-22(32)9-10-30(23)25(29)38-30/h7,9-10,17-21,23,25,31,34-35H,2,8,11-14H2,1,3-6H3/t17-,18-,19+,20+,21-,23?,25+,27+,28-,29+,30-/m0/s1. The minimum atomic E-state index is -1.28. The molecular weight excluding hydrogens is 488 g/mol. The highest BCUT2D eigenvalue weighted by Crippen LogP contribution is 2.72. The van der Waals surface area contributed by atoms with Gasteiger partial charge in [0.1, 0.15) is 23.4 Å². The number of epoxide rings is 1. The van der Waals surface area contributed by atoms with Crippen molar-refractivity contribution in [1.29, 1.82) is 0 Å². The number of aliphatic hydroxyl groups is 3. The third-order valence-corrected chi connectivity index (χ3v) is 11.4. The molecule has 8 heteroatoms. The fourth-order valence-corrected chi connectivity index (χ4v) is 9.23. The van der Waals surface area contributed by atoms with Gasteiger partial charge in [0.2, 0.25) is 0 Å². The van der Waals surface area contributed by atoms with Gasteiger partial charge in [-0.1, -0.05) is 26.5 Å². The number of carbonyl (C=O) groups excluding carboxylic acids is 2. The zero-order valence-electron chi connectivity index (χ0n) is 22.9. The van der Waals surface area contributed by atoms with Crippen LogP contribution in [0.2, 0.25) is 0 Å². The number of aliphatic hydroxyl groups excluding tert-OH is 1. The maximum absolute atomic E-state index is 12.4. The molecule has 1 spiro atoms. The Morgan fingerprint density at radius 1 is 1.16 bits per heavy atom. The summed E-state index contributed by atoms with van der Waals surface area (Å²) in [6.07, 6.45) is 5.18. The van der Waals surface area contributed by atoms with Crippen LogP contribution in [0.1, 0.15) is 66.7 Å². The van der Waals surface area contributed by atoms with E-state index in [0.29, 0.717) is 43.3 Å². The Labute approximate surface area is 223 Å². The number of cyclic esters (lactones) is 2. The van der Waals surface area contributed by atoms with Gasteiger partial charge in [-0.05, 0) is 75.4 Å². The molecule has 1 saturated heterocycles. The summed E-state index contributed by atoms with van der Waals surface area (Å²) in [7, 11) is 0. The van der Waals surface area contributed by atoms with Gasteiger partial charge in [-0.2, -0.15) is 0 Å². The Bertz CT molecular complexity index is 1170. The van der Waals surface area contributed by atoms with Crippen LogP contribution in [0.3, 0.4) is 0 Å². The van der Waals surface area contributed by atoms with E-state index in [-0.39, 0.29) is 23.7 Å². The van der Waals surface area contributed by atoms with Crippen LogP contribution in [0, 0.1) is 29.1 Å². The van der Waals surface area contributed by atoms with Crippen molar-refractivity contribution in [3.63, 3.8) is 0 Å². The maximum atomic E-state index is 12.4. The van der Waals surface area contributed by atoms with Crippen LogP contribution in [0.4, 0.5) is 0 Å². The third-order valence-electron chi connectivity index (χ3n) is 11.4. The van der Waals surface area contributed by atoms with Crippen LogP contribution >= 0.6 is 0 Å². The Morgan fingerprint density at radius 2 is 1.87 bits per heavy atom. The highest BCUT2D eigenvalue weighted by Gasteiger charge is 2.80. The lowest BCUT2D eigenvalue weighted by atomic mass is 9.55. The summed E-state index contributed by atoms with van der Waals surface area (Å²) >= 11 is 0. The number of rotatable bonds is 2. The lowest BCUT2D eigenvalue weighted by Gasteiger charge is -2.52. The molecule has 3 aliphatic heterocycles. The van der Waals surface area contributed by atoms with Crippen molar-refractivity contribution in [1.82, 2.24) is 0 Å². The van der Waals surface area contributed by atoms with E-state index in [1.807, 2.05) is 13.0 Å². The average Bonchev–Trinajstić information content (AvgIpc) is 3.54. The van der Waals surface area contributed by atoms with E-state index < -0.39 is 58.0 Å². The first-order valence-electron chi connectivity index (χ1n) is 13.9. The lowest BCUT2D eigenvalue weighted by Crippen LogP contribution is -2.54. The van der Waals surface area contributed by atoms with Gasteiger partial charge in [0.05, 0.1) is 23.2 Å². The largest absolute Gasteiger partial charge is 0.458 e. The number of hydrogen-bond acceptors (Lipinski definition) is 8. The first-order valence-corrected chi connectivity index (χ1v) is 13.9. The zero-order chi connectivity index (χ0) is 27.6. The van der Waals surface area contributed by atoms with Crippen LogP contribution < -0.4 is 0 Å². The van der Waals surface area contributed by atoms with Gasteiger partial charge in [0, 0.05) is 24.0 Å². The van der Waals surface area contributed by atoms with Crippen molar-refractivity contribution in [2.24, 2.45) is 29.1 Å². The lowest BCUT2D eigenvalue weighted by molar-refractivity contribution is -0.163. The molecule has 8 nitrogen and oxygen atoms in total. The van der Waals surface area contributed by atoms with Crippen molar-refractivity contribution >= 4 is 11.9 Å². The minimum Gasteiger partial charge on any atom is -0.458 e. The Hall–Kier alpha value is -2.00. The monoisotopic (exact) mass is 528 g/mol. The second kappa shape index (κ2) is 7.80. The molecule has 0 aromatic heterocycles. The van der Waals surface area contributed by atoms with Crippen molar-refractivity contribution in [3.8, 4) is 0 Å². The first kappa shape index (κ1) is 26.2. The summed E-state index contributed by atoms with van der Waals surface area (Å²) in [6, 6.07) is 0. The number of carbonyl (C=O) groups is 2. The minimum absolute atomic E-state index is 0.221. The molecule has 1 unspecified atom stereocenters. The molecule has 11 atom stereocenters. The molecule has 0 bridgehead atoms. The molecule has 0 aromatic carbocycles. The molecule has 38 heavy (non-hydrogen) atoms. The molecule has 4 fully saturated rings. The summed E-state index contributed by atoms with van der Waals surface area (Å²) < 4.78 is 17.7. The van der Waals surface area contributed by atoms with Gasteiger partial charge in [0.15, 0.2) is 0 Å². The van der Waals surface area contributed by atoms with Crippen LogP contribution in [0.25, 0.3) is 0 Å². The topological polar surface area (TPSA) is 126 Å². The van der Waals surface area contributed by atoms with Crippen LogP contribution in [-0.2, 0) is 23.8 Å². The van der Waals surface area contributed by atoms with E-state index in [9.17, 15) is 24.9 Å². The van der Waals surface area contributed by atoms with Gasteiger partial charge in [-0.3, -0.25) is 0 Å². The number of esters is 2. The molecule has 0 aromatic rings. The predicted octanol–water partition coefficient (Wildman–Crippen LogP) is 2.75. The summed E-state index contributed by atoms with van der Waals surface area (Å²) in [5.74, 6) is -2.28. The molecule has 6 aliphatic rings. The fourth-order valence-electron chi connectivity index (χ4n) is 9.23. The number of hydrogen-bond donors (Lipinski definition) is 3. The van der Waals surface area contributed by atoms with Crippen molar-refractivity contribution in [2.45, 2.75) is 107 Å². The molecular formula is C30H40O8. The van der Waals surface area contributed by atoms with Crippen molar-refractivity contribution in [3.05, 3.63) is 36.0 Å². The average molecular weight is 529 g/mol. The zero-order valence-corrected chi connectivity index (χ0v) is 22.9. The predicted molar refractivity (Wildman–Crippen MR) is 136 cm³/mol. The normalized spacial score (nSPS) is 51.7. The molecule has 3 heterocycles. The van der Waals surface area contributed by atoms with Gasteiger partial charge in [-0.15, -0.1) is 0 Å². The van der Waals surface area contributed by atoms with Gasteiger partial charge < -0.3 is 29.5 Å². The highest BCUT2D eigenvalue weighted by atomic mass is 16.6. The van der Waals surface area contributed by atoms with Gasteiger partial charge in [0.25, 0.3) is 0 Å². The Kier molecular flexibility index (Phi) is 5.39. The van der Waals surface area contributed by atoms with E-state index in [1.54, 1.807) is 26.8 Å². The molecule has 208 valence electrons. The quantitative estimate of drug-likeness (QED) is 0.284. The Balaban J connectivity index is 1.34. The molecule has 3 N–H and O–H groups in total. The molecule has 6 rings (SSSR count). The summed E-state index contributed by atoms with van der Waals surface area (Å²) in [4.78, 5) is 24.6.